The number of halogens is 1. The number of hydrogen-bond donors (Lipinski definition) is 0. The van der Waals surface area contributed by atoms with Gasteiger partial charge in [0, 0.05) is 65.1 Å². The van der Waals surface area contributed by atoms with Crippen molar-refractivity contribution in [2.24, 2.45) is 0 Å². The summed E-state index contributed by atoms with van der Waals surface area (Å²) in [6.07, 6.45) is 3.37. The van der Waals surface area contributed by atoms with Crippen LogP contribution in [-0.4, -0.2) is 49.2 Å². The molecular weight excluding hydrogens is 588 g/mol. The highest BCUT2D eigenvalue weighted by Crippen LogP contribution is 2.46. The van der Waals surface area contributed by atoms with E-state index in [9.17, 15) is 0 Å². The Morgan fingerprint density at radius 2 is 1.28 bits per heavy atom. The molecule has 0 amide bonds. The van der Waals surface area contributed by atoms with E-state index in [2.05, 4.69) is 67.0 Å². The van der Waals surface area contributed by atoms with Gasteiger partial charge in [0.1, 0.15) is 0 Å². The fraction of sp³-hybridized carbons (Fsp3) is 0.571. The van der Waals surface area contributed by atoms with Gasteiger partial charge in [0.25, 0.3) is 0 Å². The maximum atomic E-state index is 5.45. The molecule has 3 rings (SSSR count). The minimum absolute atomic E-state index is 0.186. The fourth-order valence-electron chi connectivity index (χ4n) is 4.69. The number of rotatable bonds is 15. The molecule has 0 aliphatic heterocycles. The molecule has 0 aliphatic rings. The first kappa shape index (κ1) is 30.2. The van der Waals surface area contributed by atoms with Crippen molar-refractivity contribution in [1.29, 1.82) is 0 Å². The van der Waals surface area contributed by atoms with E-state index in [4.69, 9.17) is 14.2 Å². The van der Waals surface area contributed by atoms with Crippen LogP contribution in [0.4, 0.5) is 0 Å². The lowest BCUT2D eigenvalue weighted by Crippen LogP contribution is -2.46. The molecule has 36 heavy (non-hydrogen) atoms. The van der Waals surface area contributed by atoms with Crippen LogP contribution in [0.15, 0.2) is 34.8 Å². The van der Waals surface area contributed by atoms with Crippen molar-refractivity contribution in [1.82, 2.24) is 0 Å². The Bertz CT molecular complexity index is 1040. The van der Waals surface area contributed by atoms with Crippen LogP contribution in [0.5, 0.6) is 0 Å². The lowest BCUT2D eigenvalue weighted by atomic mass is 9.95. The zero-order chi connectivity index (χ0) is 26.2. The molecule has 0 aliphatic carbocycles. The molecule has 0 saturated carbocycles. The third-order valence-electron chi connectivity index (χ3n) is 6.64. The molecule has 0 saturated heterocycles. The van der Waals surface area contributed by atoms with Crippen molar-refractivity contribution in [3.63, 3.8) is 0 Å². The van der Waals surface area contributed by atoms with Gasteiger partial charge in [-0.2, -0.15) is 0 Å². The van der Waals surface area contributed by atoms with Crippen LogP contribution < -0.4 is 4.50 Å². The van der Waals surface area contributed by atoms with Gasteiger partial charge < -0.3 is 14.2 Å². The molecule has 8 heteroatoms. The molecule has 3 heterocycles. The second-order valence-electron chi connectivity index (χ2n) is 10.4. The van der Waals surface area contributed by atoms with Crippen LogP contribution in [0.1, 0.15) is 44.9 Å². The maximum Gasteiger partial charge on any atom is 0.0998 e. The van der Waals surface area contributed by atoms with E-state index >= 15 is 0 Å². The molecule has 3 aromatic rings. The van der Waals surface area contributed by atoms with Gasteiger partial charge >= 0.3 is 0 Å². The molecule has 0 atom stereocenters. The minimum Gasteiger partial charge on any atom is -0.385 e. The zero-order valence-electron chi connectivity index (χ0n) is 22.6. The van der Waals surface area contributed by atoms with E-state index in [0.717, 1.165) is 39.1 Å². The van der Waals surface area contributed by atoms with Crippen molar-refractivity contribution in [3.05, 3.63) is 39.7 Å². The van der Waals surface area contributed by atoms with Crippen molar-refractivity contribution >= 4 is 62.5 Å². The Morgan fingerprint density at radius 1 is 0.722 bits per heavy atom. The van der Waals surface area contributed by atoms with E-state index in [-0.39, 0.29) is 5.41 Å². The van der Waals surface area contributed by atoms with Gasteiger partial charge in [-0.15, -0.1) is 34.0 Å². The largest absolute Gasteiger partial charge is 0.385 e. The summed E-state index contributed by atoms with van der Waals surface area (Å²) in [6, 6.07) is 15.5. The Hall–Kier alpha value is -0.323. The number of methoxy groups -OCH3 is 3. The molecule has 0 fully saturated rings. The standard InChI is InChI=1S/C28H41BrO3S3Si/c1-28(2,3)25-12-10-22(33-25)24-20-21(29)27(35-24)23-11-13-26(34-23)36(17-7-14-30-4,18-8-15-31-5)19-9-16-32-6/h10-13,20H,7-9,14-19H2,1-6H3. The maximum absolute atomic E-state index is 5.45. The summed E-state index contributed by atoms with van der Waals surface area (Å²) in [5.74, 6) is 0. The Balaban J connectivity index is 1.92. The van der Waals surface area contributed by atoms with Crippen molar-refractivity contribution in [2.75, 3.05) is 41.2 Å². The smallest absolute Gasteiger partial charge is 0.0998 e. The second-order valence-corrected chi connectivity index (χ2v) is 19.5. The first-order chi connectivity index (χ1) is 17.2. The summed E-state index contributed by atoms with van der Waals surface area (Å²) in [6.45, 7) is 9.35. The lowest BCUT2D eigenvalue weighted by molar-refractivity contribution is 0.195. The predicted molar refractivity (Wildman–Crippen MR) is 167 cm³/mol. The molecular formula is C28H41BrO3S3Si. The highest BCUT2D eigenvalue weighted by Gasteiger charge is 2.35. The molecule has 0 radical (unpaired) electrons. The molecule has 200 valence electrons. The van der Waals surface area contributed by atoms with Crippen LogP contribution in [0, 0.1) is 0 Å². The monoisotopic (exact) mass is 628 g/mol. The first-order valence-corrected chi connectivity index (χ1v) is 18.6. The van der Waals surface area contributed by atoms with E-state index < -0.39 is 8.07 Å². The number of hydrogen-bond acceptors (Lipinski definition) is 6. The van der Waals surface area contributed by atoms with Gasteiger partial charge in [-0.3, -0.25) is 0 Å². The Labute approximate surface area is 239 Å². The molecule has 0 aromatic carbocycles. The Kier molecular flexibility index (Phi) is 11.9. The van der Waals surface area contributed by atoms with Crippen LogP contribution in [0.25, 0.3) is 19.5 Å². The molecule has 0 N–H and O–H groups in total. The average Bonchev–Trinajstić information content (AvgIpc) is 3.58. The second kappa shape index (κ2) is 14.2. The lowest BCUT2D eigenvalue weighted by Gasteiger charge is -2.31. The van der Waals surface area contributed by atoms with E-state index in [1.165, 1.54) is 47.0 Å². The van der Waals surface area contributed by atoms with Crippen molar-refractivity contribution < 1.29 is 14.2 Å². The highest BCUT2D eigenvalue weighted by molar-refractivity contribution is 9.10. The number of thiophene rings is 3. The summed E-state index contributed by atoms with van der Waals surface area (Å²) in [4.78, 5) is 6.86. The van der Waals surface area contributed by atoms with Gasteiger partial charge in [0.05, 0.1) is 13.0 Å². The zero-order valence-corrected chi connectivity index (χ0v) is 27.6. The normalized spacial score (nSPS) is 12.5. The van der Waals surface area contributed by atoms with Crippen LogP contribution in [0.3, 0.4) is 0 Å². The fourth-order valence-corrected chi connectivity index (χ4v) is 15.2. The third-order valence-corrected chi connectivity index (χ3v) is 18.2. The van der Waals surface area contributed by atoms with E-state index in [0.29, 0.717) is 0 Å². The van der Waals surface area contributed by atoms with Crippen LogP contribution in [-0.2, 0) is 19.6 Å². The van der Waals surface area contributed by atoms with Gasteiger partial charge in [-0.05, 0) is 69.4 Å². The van der Waals surface area contributed by atoms with Gasteiger partial charge in [0.15, 0.2) is 0 Å². The SMILES string of the molecule is COCCC[Si](CCCOC)(CCCOC)c1ccc(-c2sc(-c3ccc(C(C)(C)C)s3)cc2Br)s1. The van der Waals surface area contributed by atoms with Gasteiger partial charge in [-0.25, -0.2) is 0 Å². The Morgan fingerprint density at radius 3 is 1.78 bits per heavy atom. The molecule has 0 bridgehead atoms. The van der Waals surface area contributed by atoms with Crippen molar-refractivity contribution in [3.8, 4) is 19.5 Å². The molecule has 3 aromatic heterocycles. The highest BCUT2D eigenvalue weighted by atomic mass is 79.9. The van der Waals surface area contributed by atoms with Crippen LogP contribution >= 0.6 is 49.9 Å². The molecule has 3 nitrogen and oxygen atoms in total. The first-order valence-electron chi connectivity index (χ1n) is 12.7. The van der Waals surface area contributed by atoms with E-state index in [1.54, 1.807) is 4.50 Å². The van der Waals surface area contributed by atoms with E-state index in [1.807, 2.05) is 55.3 Å². The summed E-state index contributed by atoms with van der Waals surface area (Å²) in [5, 5.41) is 0. The molecule has 0 unspecified atom stereocenters. The quantitative estimate of drug-likeness (QED) is 0.124. The summed E-state index contributed by atoms with van der Waals surface area (Å²) >= 11 is 9.74. The topological polar surface area (TPSA) is 27.7 Å². The van der Waals surface area contributed by atoms with Gasteiger partial charge in [0.2, 0.25) is 0 Å². The number of ether oxygens (including phenoxy) is 3. The average molecular weight is 630 g/mol. The summed E-state index contributed by atoms with van der Waals surface area (Å²) in [7, 11) is 3.72. The van der Waals surface area contributed by atoms with Crippen molar-refractivity contribution in [2.45, 2.75) is 63.6 Å². The molecule has 0 spiro atoms. The summed E-state index contributed by atoms with van der Waals surface area (Å²) in [5.41, 5.74) is 0.186. The predicted octanol–water partition coefficient (Wildman–Crippen LogP) is 9.03. The third kappa shape index (κ3) is 7.85. The van der Waals surface area contributed by atoms with Crippen LogP contribution in [0.2, 0.25) is 18.1 Å². The van der Waals surface area contributed by atoms with Gasteiger partial charge in [-0.1, -0.05) is 45.0 Å². The minimum atomic E-state index is -1.72. The summed E-state index contributed by atoms with van der Waals surface area (Å²) < 4.78 is 19.2.